The second-order valence-corrected chi connectivity index (χ2v) is 5.19. The van der Waals surface area contributed by atoms with Crippen LogP contribution in [0.1, 0.15) is 26.3 Å². The number of carbonyl (C=O) groups is 2. The van der Waals surface area contributed by atoms with Crippen LogP contribution in [0.2, 0.25) is 0 Å². The highest BCUT2D eigenvalue weighted by Gasteiger charge is 2.29. The van der Waals surface area contributed by atoms with Gasteiger partial charge in [0.25, 0.3) is 11.8 Å². The molecule has 0 unspecified atom stereocenters. The van der Waals surface area contributed by atoms with Crippen LogP contribution in [0.25, 0.3) is 0 Å². The van der Waals surface area contributed by atoms with E-state index in [1.165, 1.54) is 11.3 Å². The first-order valence-corrected chi connectivity index (χ1v) is 6.63. The number of rotatable bonds is 2. The van der Waals surface area contributed by atoms with Gasteiger partial charge >= 0.3 is 0 Å². The average molecular weight is 273 g/mol. The zero-order chi connectivity index (χ0) is 13.4. The highest BCUT2D eigenvalue weighted by Crippen LogP contribution is 2.25. The van der Waals surface area contributed by atoms with Crippen LogP contribution in [0.15, 0.2) is 29.8 Å². The van der Waals surface area contributed by atoms with E-state index in [0.717, 1.165) is 5.56 Å². The summed E-state index contributed by atoms with van der Waals surface area (Å²) in [6.45, 7) is 0.548. The summed E-state index contributed by atoms with van der Waals surface area (Å²) in [4.78, 5) is 29.9. The van der Waals surface area contributed by atoms with Crippen LogP contribution >= 0.6 is 11.3 Å². The van der Waals surface area contributed by atoms with Crippen molar-refractivity contribution in [2.45, 2.75) is 6.54 Å². The van der Waals surface area contributed by atoms with E-state index in [1.807, 2.05) is 6.07 Å². The lowest BCUT2D eigenvalue weighted by molar-refractivity contribution is 0.0812. The standard InChI is InChI=1S/C13H11N3O2S/c1-16-7-8-3-2-4-9(10(8)12(16)18)11(17)15-13-14-5-6-19-13/h2-6H,7H2,1H3,(H,14,15,17). The summed E-state index contributed by atoms with van der Waals surface area (Å²) in [6, 6.07) is 5.33. The molecule has 6 heteroatoms. The molecule has 0 aliphatic carbocycles. The monoisotopic (exact) mass is 273 g/mol. The summed E-state index contributed by atoms with van der Waals surface area (Å²) in [6.07, 6.45) is 1.62. The molecule has 0 radical (unpaired) electrons. The van der Waals surface area contributed by atoms with E-state index >= 15 is 0 Å². The average Bonchev–Trinajstić information content (AvgIpc) is 2.99. The highest BCUT2D eigenvalue weighted by atomic mass is 32.1. The second-order valence-electron chi connectivity index (χ2n) is 4.29. The van der Waals surface area contributed by atoms with Crippen molar-refractivity contribution in [1.82, 2.24) is 9.88 Å². The van der Waals surface area contributed by atoms with Gasteiger partial charge in [-0.05, 0) is 11.6 Å². The molecular weight excluding hydrogens is 262 g/mol. The number of benzene rings is 1. The first-order valence-electron chi connectivity index (χ1n) is 5.75. The Bertz CT molecular complexity index is 652. The quantitative estimate of drug-likeness (QED) is 0.910. The van der Waals surface area contributed by atoms with Crippen LogP contribution in [-0.2, 0) is 6.54 Å². The Morgan fingerprint density at radius 2 is 2.32 bits per heavy atom. The molecule has 5 nitrogen and oxygen atoms in total. The molecule has 0 fully saturated rings. The molecule has 2 amide bonds. The lowest BCUT2D eigenvalue weighted by atomic mass is 10.0. The molecule has 0 spiro atoms. The minimum absolute atomic E-state index is 0.111. The fourth-order valence-corrected chi connectivity index (χ4v) is 2.67. The van der Waals surface area contributed by atoms with Gasteiger partial charge in [0.1, 0.15) is 0 Å². The number of amides is 2. The van der Waals surface area contributed by atoms with Crippen molar-refractivity contribution in [2.75, 3.05) is 12.4 Å². The van der Waals surface area contributed by atoms with Crippen LogP contribution < -0.4 is 5.32 Å². The number of hydrogen-bond acceptors (Lipinski definition) is 4. The van der Waals surface area contributed by atoms with Crippen molar-refractivity contribution in [1.29, 1.82) is 0 Å². The Balaban J connectivity index is 1.96. The first kappa shape index (κ1) is 11.9. The summed E-state index contributed by atoms with van der Waals surface area (Å²) >= 11 is 1.34. The molecule has 96 valence electrons. The maximum Gasteiger partial charge on any atom is 0.258 e. The van der Waals surface area contributed by atoms with Gasteiger partial charge < -0.3 is 4.90 Å². The molecule has 1 aliphatic heterocycles. The predicted octanol–water partition coefficient (Wildman–Crippen LogP) is 1.98. The van der Waals surface area contributed by atoms with Crippen molar-refractivity contribution < 1.29 is 9.59 Å². The summed E-state index contributed by atoms with van der Waals surface area (Å²) in [5.41, 5.74) is 1.79. The number of carbonyl (C=O) groups excluding carboxylic acids is 2. The topological polar surface area (TPSA) is 62.3 Å². The number of fused-ring (bicyclic) bond motifs is 1. The smallest absolute Gasteiger partial charge is 0.258 e. The normalized spacial score (nSPS) is 13.5. The molecule has 0 saturated heterocycles. The van der Waals surface area contributed by atoms with E-state index in [2.05, 4.69) is 10.3 Å². The van der Waals surface area contributed by atoms with E-state index < -0.39 is 0 Å². The van der Waals surface area contributed by atoms with Gasteiger partial charge in [0.15, 0.2) is 5.13 Å². The van der Waals surface area contributed by atoms with Crippen LogP contribution in [0.5, 0.6) is 0 Å². The number of aromatic nitrogens is 1. The third-order valence-electron chi connectivity index (χ3n) is 3.02. The van der Waals surface area contributed by atoms with E-state index in [9.17, 15) is 9.59 Å². The molecule has 0 bridgehead atoms. The Morgan fingerprint density at radius 1 is 1.47 bits per heavy atom. The molecule has 1 aliphatic rings. The molecular formula is C13H11N3O2S. The number of nitrogens with zero attached hydrogens (tertiary/aromatic N) is 2. The molecule has 2 heterocycles. The lowest BCUT2D eigenvalue weighted by Gasteiger charge is -2.07. The fourth-order valence-electron chi connectivity index (χ4n) is 2.14. The van der Waals surface area contributed by atoms with Crippen LogP contribution in [0.3, 0.4) is 0 Å². The largest absolute Gasteiger partial charge is 0.337 e. The van der Waals surface area contributed by atoms with Gasteiger partial charge in [-0.25, -0.2) is 4.98 Å². The van der Waals surface area contributed by atoms with Crippen molar-refractivity contribution in [3.05, 3.63) is 46.5 Å². The SMILES string of the molecule is CN1Cc2cccc(C(=O)Nc3nccs3)c2C1=O. The molecule has 0 saturated carbocycles. The zero-order valence-electron chi connectivity index (χ0n) is 10.2. The second kappa shape index (κ2) is 4.47. The van der Waals surface area contributed by atoms with Crippen LogP contribution in [-0.4, -0.2) is 28.7 Å². The first-order chi connectivity index (χ1) is 9.16. The molecule has 1 aromatic carbocycles. The number of anilines is 1. The number of hydrogen-bond donors (Lipinski definition) is 1. The molecule has 3 rings (SSSR count). The van der Waals surface area contributed by atoms with Gasteiger partial charge in [0, 0.05) is 25.2 Å². The summed E-state index contributed by atoms with van der Waals surface area (Å²) in [5, 5.41) is 5.01. The predicted molar refractivity (Wildman–Crippen MR) is 72.3 cm³/mol. The Labute approximate surface area is 113 Å². The summed E-state index contributed by atoms with van der Waals surface area (Å²) in [5.74, 6) is -0.407. The Kier molecular flexibility index (Phi) is 2.79. The zero-order valence-corrected chi connectivity index (χ0v) is 11.0. The Morgan fingerprint density at radius 3 is 3.05 bits per heavy atom. The van der Waals surface area contributed by atoms with Crippen molar-refractivity contribution in [3.63, 3.8) is 0 Å². The lowest BCUT2D eigenvalue weighted by Crippen LogP contribution is -2.21. The van der Waals surface area contributed by atoms with Gasteiger partial charge in [-0.3, -0.25) is 14.9 Å². The van der Waals surface area contributed by atoms with Crippen molar-refractivity contribution >= 4 is 28.3 Å². The maximum absolute atomic E-state index is 12.2. The third-order valence-corrected chi connectivity index (χ3v) is 3.70. The van der Waals surface area contributed by atoms with Gasteiger partial charge in [0.05, 0.1) is 11.1 Å². The minimum atomic E-state index is -0.296. The van der Waals surface area contributed by atoms with Gasteiger partial charge in [0.2, 0.25) is 0 Å². The highest BCUT2D eigenvalue weighted by molar-refractivity contribution is 7.13. The minimum Gasteiger partial charge on any atom is -0.337 e. The van der Waals surface area contributed by atoms with Crippen LogP contribution in [0.4, 0.5) is 5.13 Å². The molecule has 19 heavy (non-hydrogen) atoms. The Hall–Kier alpha value is -2.21. The van der Waals surface area contributed by atoms with Crippen molar-refractivity contribution in [2.24, 2.45) is 0 Å². The van der Waals surface area contributed by atoms with Crippen molar-refractivity contribution in [3.8, 4) is 0 Å². The van der Waals surface area contributed by atoms with E-state index in [0.29, 0.717) is 22.8 Å². The maximum atomic E-state index is 12.2. The van der Waals surface area contributed by atoms with Gasteiger partial charge in [-0.2, -0.15) is 0 Å². The number of nitrogens with one attached hydrogen (secondary N) is 1. The van der Waals surface area contributed by atoms with Gasteiger partial charge in [-0.15, -0.1) is 11.3 Å². The fraction of sp³-hybridized carbons (Fsp3) is 0.154. The van der Waals surface area contributed by atoms with E-state index in [-0.39, 0.29) is 11.8 Å². The molecule has 0 atom stereocenters. The van der Waals surface area contributed by atoms with Crippen LogP contribution in [0, 0.1) is 0 Å². The third kappa shape index (κ3) is 2.00. The number of thiazole rings is 1. The molecule has 2 aromatic rings. The van der Waals surface area contributed by atoms with E-state index in [4.69, 9.17) is 0 Å². The summed E-state index contributed by atoms with van der Waals surface area (Å²) < 4.78 is 0. The molecule has 1 aromatic heterocycles. The van der Waals surface area contributed by atoms with Gasteiger partial charge in [-0.1, -0.05) is 12.1 Å². The summed E-state index contributed by atoms with van der Waals surface area (Å²) in [7, 11) is 1.73. The van der Waals surface area contributed by atoms with E-state index in [1.54, 1.807) is 35.7 Å². The molecule has 1 N–H and O–H groups in total.